The highest BCUT2D eigenvalue weighted by Gasteiger charge is 2.15. The van der Waals surface area contributed by atoms with Gasteiger partial charge in [-0.15, -0.1) is 0 Å². The van der Waals surface area contributed by atoms with Gasteiger partial charge in [-0.25, -0.2) is 9.18 Å². The number of carbonyl (C=O) groups is 1. The Labute approximate surface area is 105 Å². The van der Waals surface area contributed by atoms with E-state index in [1.807, 2.05) is 0 Å². The molecule has 0 aliphatic rings. The number of anilines is 1. The van der Waals surface area contributed by atoms with Gasteiger partial charge in [0.2, 0.25) is 0 Å². The summed E-state index contributed by atoms with van der Waals surface area (Å²) in [6, 6.07) is 2.89. The van der Waals surface area contributed by atoms with Crippen molar-refractivity contribution in [1.29, 1.82) is 0 Å². The minimum absolute atomic E-state index is 0.123. The molecule has 0 radical (unpaired) electrons. The first-order chi connectivity index (χ1) is 8.04. The standard InChI is InChI=1S/C11H8BrFN2O2/c1-17-11(16)7-4-15-10-6(9(7)14)2-5(12)3-8(10)13/h2-4H,1H3,(H2,14,15). The number of nitrogens with zero attached hydrogens (tertiary/aromatic N) is 1. The second-order valence-corrected chi connectivity index (χ2v) is 4.28. The summed E-state index contributed by atoms with van der Waals surface area (Å²) in [5, 5.41) is 0.375. The summed E-state index contributed by atoms with van der Waals surface area (Å²) >= 11 is 3.16. The number of aromatic nitrogens is 1. The molecule has 2 aromatic rings. The number of esters is 1. The monoisotopic (exact) mass is 298 g/mol. The molecule has 0 amide bonds. The summed E-state index contributed by atoms with van der Waals surface area (Å²) in [6.45, 7) is 0. The van der Waals surface area contributed by atoms with Gasteiger partial charge in [0.1, 0.15) is 11.1 Å². The first-order valence-electron chi connectivity index (χ1n) is 4.66. The lowest BCUT2D eigenvalue weighted by Gasteiger charge is -2.07. The molecule has 6 heteroatoms. The van der Waals surface area contributed by atoms with Crippen molar-refractivity contribution in [1.82, 2.24) is 4.98 Å². The molecular weight excluding hydrogens is 291 g/mol. The molecule has 1 aromatic heterocycles. The molecule has 0 saturated heterocycles. The molecule has 0 aliphatic heterocycles. The number of ether oxygens (including phenoxy) is 1. The molecule has 1 aromatic carbocycles. The summed E-state index contributed by atoms with van der Waals surface area (Å²) in [6.07, 6.45) is 1.21. The highest BCUT2D eigenvalue weighted by atomic mass is 79.9. The molecular formula is C11H8BrFN2O2. The SMILES string of the molecule is COC(=O)c1cnc2c(F)cc(Br)cc2c1N. The highest BCUT2D eigenvalue weighted by molar-refractivity contribution is 9.10. The van der Waals surface area contributed by atoms with E-state index >= 15 is 0 Å². The normalized spacial score (nSPS) is 10.5. The van der Waals surface area contributed by atoms with Crippen LogP contribution in [0.5, 0.6) is 0 Å². The molecule has 0 saturated carbocycles. The van der Waals surface area contributed by atoms with Gasteiger partial charge in [-0.05, 0) is 12.1 Å². The van der Waals surface area contributed by atoms with E-state index in [1.54, 1.807) is 6.07 Å². The Morgan fingerprint density at radius 1 is 1.53 bits per heavy atom. The van der Waals surface area contributed by atoms with Crippen LogP contribution in [-0.2, 0) is 4.74 Å². The van der Waals surface area contributed by atoms with Crippen molar-refractivity contribution >= 4 is 38.5 Å². The highest BCUT2D eigenvalue weighted by Crippen LogP contribution is 2.28. The first kappa shape index (κ1) is 11.8. The Kier molecular flexibility index (Phi) is 2.97. The van der Waals surface area contributed by atoms with Crippen molar-refractivity contribution < 1.29 is 13.9 Å². The van der Waals surface area contributed by atoms with Gasteiger partial charge >= 0.3 is 5.97 Å². The molecule has 0 bridgehead atoms. The number of hydrogen-bond donors (Lipinski definition) is 1. The smallest absolute Gasteiger partial charge is 0.341 e. The largest absolute Gasteiger partial charge is 0.465 e. The molecule has 4 nitrogen and oxygen atoms in total. The third-order valence-corrected chi connectivity index (χ3v) is 2.79. The third kappa shape index (κ3) is 1.95. The molecule has 1 heterocycles. The van der Waals surface area contributed by atoms with Gasteiger partial charge in [-0.3, -0.25) is 4.98 Å². The topological polar surface area (TPSA) is 65.2 Å². The Bertz CT molecular complexity index is 616. The number of nitrogens with two attached hydrogens (primary N) is 1. The summed E-state index contributed by atoms with van der Waals surface area (Å²) in [5.74, 6) is -1.10. The van der Waals surface area contributed by atoms with Crippen LogP contribution in [0.25, 0.3) is 10.9 Å². The predicted octanol–water partition coefficient (Wildman–Crippen LogP) is 2.51. The number of methoxy groups -OCH3 is 1. The molecule has 0 fully saturated rings. The fourth-order valence-corrected chi connectivity index (χ4v) is 1.95. The van der Waals surface area contributed by atoms with E-state index in [2.05, 4.69) is 25.7 Å². The van der Waals surface area contributed by atoms with Crippen LogP contribution in [0.3, 0.4) is 0 Å². The van der Waals surface area contributed by atoms with Crippen LogP contribution in [0.1, 0.15) is 10.4 Å². The third-order valence-electron chi connectivity index (χ3n) is 2.34. The van der Waals surface area contributed by atoms with Gasteiger partial charge in [0.15, 0.2) is 5.82 Å². The molecule has 88 valence electrons. The number of pyridine rings is 1. The lowest BCUT2D eigenvalue weighted by atomic mass is 10.1. The summed E-state index contributed by atoms with van der Waals surface area (Å²) in [5.41, 5.74) is 6.21. The van der Waals surface area contributed by atoms with E-state index in [4.69, 9.17) is 5.73 Å². The Balaban J connectivity index is 2.79. The minimum Gasteiger partial charge on any atom is -0.465 e. The van der Waals surface area contributed by atoms with Crippen LogP contribution in [0, 0.1) is 5.82 Å². The second kappa shape index (κ2) is 4.29. The molecule has 2 N–H and O–H groups in total. The van der Waals surface area contributed by atoms with Crippen molar-refractivity contribution in [2.45, 2.75) is 0 Å². The Morgan fingerprint density at radius 3 is 2.88 bits per heavy atom. The molecule has 17 heavy (non-hydrogen) atoms. The zero-order valence-corrected chi connectivity index (χ0v) is 10.4. The van der Waals surface area contributed by atoms with Crippen molar-refractivity contribution in [2.24, 2.45) is 0 Å². The van der Waals surface area contributed by atoms with Crippen LogP contribution in [0.2, 0.25) is 0 Å². The summed E-state index contributed by atoms with van der Waals surface area (Å²) in [4.78, 5) is 15.3. The van der Waals surface area contributed by atoms with Crippen LogP contribution in [0.4, 0.5) is 10.1 Å². The summed E-state index contributed by atoms with van der Waals surface area (Å²) in [7, 11) is 1.24. The molecule has 0 atom stereocenters. The molecule has 0 unspecified atom stereocenters. The number of benzene rings is 1. The lowest BCUT2D eigenvalue weighted by molar-refractivity contribution is 0.0601. The van der Waals surface area contributed by atoms with Crippen molar-refractivity contribution in [3.8, 4) is 0 Å². The average molecular weight is 299 g/mol. The maximum absolute atomic E-state index is 13.6. The van der Waals surface area contributed by atoms with Crippen molar-refractivity contribution in [3.05, 3.63) is 34.2 Å². The Hall–Kier alpha value is -1.69. The van der Waals surface area contributed by atoms with E-state index in [9.17, 15) is 9.18 Å². The van der Waals surface area contributed by atoms with Gasteiger partial charge in [-0.1, -0.05) is 15.9 Å². The molecule has 0 aliphatic carbocycles. The van der Waals surface area contributed by atoms with Crippen LogP contribution < -0.4 is 5.73 Å². The van der Waals surface area contributed by atoms with Crippen molar-refractivity contribution in [3.63, 3.8) is 0 Å². The van der Waals surface area contributed by atoms with Crippen molar-refractivity contribution in [2.75, 3.05) is 12.8 Å². The predicted molar refractivity (Wildman–Crippen MR) is 65.2 cm³/mol. The number of carbonyl (C=O) groups excluding carboxylic acids is 1. The Morgan fingerprint density at radius 2 is 2.24 bits per heavy atom. The van der Waals surface area contributed by atoms with Gasteiger partial charge in [0, 0.05) is 16.1 Å². The number of nitrogen functional groups attached to an aromatic ring is 1. The lowest BCUT2D eigenvalue weighted by Crippen LogP contribution is -2.07. The van der Waals surface area contributed by atoms with Gasteiger partial charge in [0.05, 0.1) is 12.8 Å². The zero-order chi connectivity index (χ0) is 12.6. The van der Waals surface area contributed by atoms with Crippen LogP contribution in [0.15, 0.2) is 22.8 Å². The number of rotatable bonds is 1. The second-order valence-electron chi connectivity index (χ2n) is 3.36. The maximum Gasteiger partial charge on any atom is 0.341 e. The quantitative estimate of drug-likeness (QED) is 0.822. The fraction of sp³-hybridized carbons (Fsp3) is 0.0909. The van der Waals surface area contributed by atoms with Gasteiger partial charge in [0.25, 0.3) is 0 Å². The van der Waals surface area contributed by atoms with E-state index < -0.39 is 11.8 Å². The van der Waals surface area contributed by atoms with E-state index in [0.29, 0.717) is 9.86 Å². The number of halogens is 2. The van der Waals surface area contributed by atoms with Gasteiger partial charge < -0.3 is 10.5 Å². The number of fused-ring (bicyclic) bond motifs is 1. The fourth-order valence-electron chi connectivity index (χ4n) is 1.52. The van der Waals surface area contributed by atoms with Crippen LogP contribution in [-0.4, -0.2) is 18.1 Å². The van der Waals surface area contributed by atoms with E-state index in [0.717, 1.165) is 0 Å². The molecule has 2 rings (SSSR count). The number of hydrogen-bond acceptors (Lipinski definition) is 4. The van der Waals surface area contributed by atoms with Gasteiger partial charge in [-0.2, -0.15) is 0 Å². The maximum atomic E-state index is 13.6. The first-order valence-corrected chi connectivity index (χ1v) is 5.45. The van der Waals surface area contributed by atoms with Crippen LogP contribution >= 0.6 is 15.9 Å². The molecule has 0 spiro atoms. The van der Waals surface area contributed by atoms with E-state index in [1.165, 1.54) is 19.4 Å². The zero-order valence-electron chi connectivity index (χ0n) is 8.83. The van der Waals surface area contributed by atoms with E-state index in [-0.39, 0.29) is 16.8 Å². The summed E-state index contributed by atoms with van der Waals surface area (Å²) < 4.78 is 18.7. The average Bonchev–Trinajstić information content (AvgIpc) is 2.29. The minimum atomic E-state index is -0.600.